The van der Waals surface area contributed by atoms with E-state index in [2.05, 4.69) is 34.0 Å². The fraction of sp³-hybridized carbons (Fsp3) is 0.733. The van der Waals surface area contributed by atoms with Crippen LogP contribution in [0.1, 0.15) is 13.8 Å². The van der Waals surface area contributed by atoms with E-state index in [1.165, 1.54) is 0 Å². The maximum Gasteiger partial charge on any atom is 0.224 e. The molecular weight excluding hydrogens is 266 g/mol. The molecule has 21 heavy (non-hydrogen) atoms. The first-order valence-electron chi connectivity index (χ1n) is 7.63. The summed E-state index contributed by atoms with van der Waals surface area (Å²) < 4.78 is 5.82. The molecule has 0 saturated carbocycles. The van der Waals surface area contributed by atoms with Crippen molar-refractivity contribution in [3.8, 4) is 0 Å². The Morgan fingerprint density at radius 3 is 3.00 bits per heavy atom. The molecule has 1 aliphatic rings. The summed E-state index contributed by atoms with van der Waals surface area (Å²) in [5.74, 6) is 2.25. The maximum absolute atomic E-state index is 5.82. The molecular formula is C15H27N5O. The van der Waals surface area contributed by atoms with E-state index in [-0.39, 0.29) is 6.10 Å². The molecule has 0 radical (unpaired) electrons. The van der Waals surface area contributed by atoms with E-state index in [1.54, 1.807) is 6.20 Å². The molecule has 0 bridgehead atoms. The lowest BCUT2D eigenvalue weighted by atomic mass is 10.2. The van der Waals surface area contributed by atoms with Crippen molar-refractivity contribution in [3.05, 3.63) is 12.3 Å². The summed E-state index contributed by atoms with van der Waals surface area (Å²) in [6, 6.07) is 1.90. The lowest BCUT2D eigenvalue weighted by Gasteiger charge is -2.33. The van der Waals surface area contributed by atoms with Crippen molar-refractivity contribution in [3.63, 3.8) is 0 Å². The molecule has 6 nitrogen and oxygen atoms in total. The van der Waals surface area contributed by atoms with Gasteiger partial charge in [0.15, 0.2) is 0 Å². The number of hydrogen-bond donors (Lipinski definition) is 1. The Kier molecular flexibility index (Phi) is 5.76. The van der Waals surface area contributed by atoms with Crippen LogP contribution >= 0.6 is 0 Å². The van der Waals surface area contributed by atoms with E-state index in [9.17, 15) is 0 Å². The molecule has 2 rings (SSSR count). The summed E-state index contributed by atoms with van der Waals surface area (Å²) in [6.45, 7) is 9.18. The van der Waals surface area contributed by atoms with Crippen molar-refractivity contribution in [2.75, 3.05) is 57.1 Å². The smallest absolute Gasteiger partial charge is 0.224 e. The number of hydrogen-bond acceptors (Lipinski definition) is 6. The molecule has 1 saturated heterocycles. The third kappa shape index (κ3) is 5.13. The van der Waals surface area contributed by atoms with Crippen LogP contribution in [0.5, 0.6) is 0 Å². The van der Waals surface area contributed by atoms with Crippen LogP contribution in [-0.2, 0) is 4.74 Å². The Bertz CT molecular complexity index is 438. The number of ether oxygens (including phenoxy) is 1. The van der Waals surface area contributed by atoms with Crippen molar-refractivity contribution >= 4 is 11.8 Å². The Balaban J connectivity index is 1.83. The number of morpholine rings is 1. The first-order valence-corrected chi connectivity index (χ1v) is 7.63. The summed E-state index contributed by atoms with van der Waals surface area (Å²) in [5, 5.41) is 3.28. The number of nitrogens with zero attached hydrogens (tertiary/aromatic N) is 4. The Morgan fingerprint density at radius 1 is 1.48 bits per heavy atom. The Hall–Kier alpha value is -1.40. The summed E-state index contributed by atoms with van der Waals surface area (Å²) >= 11 is 0. The highest BCUT2D eigenvalue weighted by atomic mass is 16.5. The minimum atomic E-state index is 0.198. The van der Waals surface area contributed by atoms with Crippen molar-refractivity contribution < 1.29 is 4.74 Å². The fourth-order valence-corrected chi connectivity index (χ4v) is 2.47. The molecule has 1 N–H and O–H groups in total. The molecule has 0 aliphatic carbocycles. The molecule has 0 spiro atoms. The molecule has 1 aliphatic heterocycles. The second kappa shape index (κ2) is 7.56. The minimum absolute atomic E-state index is 0.198. The molecule has 118 valence electrons. The number of anilines is 2. The monoisotopic (exact) mass is 293 g/mol. The highest BCUT2D eigenvalue weighted by molar-refractivity contribution is 5.40. The largest absolute Gasteiger partial charge is 0.374 e. The normalized spacial score (nSPS) is 19.8. The van der Waals surface area contributed by atoms with Gasteiger partial charge in [0.25, 0.3) is 0 Å². The standard InChI is InChI=1S/C15H27N5O/c1-12(2)10-20-7-8-21-13(11-20)9-17-15-16-6-5-14(18-15)19(3)4/h5-6,12-13H,7-11H2,1-4H3,(H,16,17,18). The van der Waals surface area contributed by atoms with Gasteiger partial charge in [0.2, 0.25) is 5.95 Å². The van der Waals surface area contributed by atoms with Crippen LogP contribution < -0.4 is 10.2 Å². The molecule has 0 aromatic carbocycles. The third-order valence-corrected chi connectivity index (χ3v) is 3.43. The predicted octanol–water partition coefficient (Wildman–Crippen LogP) is 1.31. The molecule has 1 unspecified atom stereocenters. The zero-order chi connectivity index (χ0) is 15.2. The zero-order valence-corrected chi connectivity index (χ0v) is 13.5. The third-order valence-electron chi connectivity index (χ3n) is 3.43. The van der Waals surface area contributed by atoms with Crippen LogP contribution in [0.3, 0.4) is 0 Å². The SMILES string of the molecule is CC(C)CN1CCOC(CNc2nccc(N(C)C)n2)C1. The lowest BCUT2D eigenvalue weighted by molar-refractivity contribution is -0.0244. The van der Waals surface area contributed by atoms with Gasteiger partial charge in [0.05, 0.1) is 12.7 Å². The van der Waals surface area contributed by atoms with Crippen LogP contribution in [-0.4, -0.2) is 67.9 Å². The van der Waals surface area contributed by atoms with Gasteiger partial charge in [-0.25, -0.2) is 4.98 Å². The van der Waals surface area contributed by atoms with Crippen LogP contribution in [0, 0.1) is 5.92 Å². The zero-order valence-electron chi connectivity index (χ0n) is 13.5. The van der Waals surface area contributed by atoms with Gasteiger partial charge in [0, 0.05) is 46.5 Å². The highest BCUT2D eigenvalue weighted by Crippen LogP contribution is 2.11. The summed E-state index contributed by atoms with van der Waals surface area (Å²) in [7, 11) is 3.94. The van der Waals surface area contributed by atoms with Crippen LogP contribution in [0.4, 0.5) is 11.8 Å². The van der Waals surface area contributed by atoms with Gasteiger partial charge in [-0.3, -0.25) is 4.90 Å². The Labute approximate surface area is 127 Å². The van der Waals surface area contributed by atoms with E-state index >= 15 is 0 Å². The van der Waals surface area contributed by atoms with Crippen molar-refractivity contribution in [2.45, 2.75) is 20.0 Å². The van der Waals surface area contributed by atoms with Crippen molar-refractivity contribution in [2.24, 2.45) is 5.92 Å². The Morgan fingerprint density at radius 2 is 2.29 bits per heavy atom. The average Bonchev–Trinajstić information content (AvgIpc) is 2.45. The first-order chi connectivity index (χ1) is 10.0. The average molecular weight is 293 g/mol. The van der Waals surface area contributed by atoms with Gasteiger partial charge < -0.3 is 15.0 Å². The summed E-state index contributed by atoms with van der Waals surface area (Å²) in [4.78, 5) is 13.2. The van der Waals surface area contributed by atoms with Gasteiger partial charge >= 0.3 is 0 Å². The molecule has 1 aromatic rings. The van der Waals surface area contributed by atoms with Gasteiger partial charge in [-0.15, -0.1) is 0 Å². The quantitative estimate of drug-likeness (QED) is 0.853. The van der Waals surface area contributed by atoms with Crippen LogP contribution in [0.15, 0.2) is 12.3 Å². The maximum atomic E-state index is 5.82. The van der Waals surface area contributed by atoms with Crippen LogP contribution in [0.25, 0.3) is 0 Å². The van der Waals surface area contributed by atoms with Crippen LogP contribution in [0.2, 0.25) is 0 Å². The van der Waals surface area contributed by atoms with E-state index in [1.807, 2.05) is 25.1 Å². The minimum Gasteiger partial charge on any atom is -0.374 e. The number of aromatic nitrogens is 2. The molecule has 2 heterocycles. The van der Waals surface area contributed by atoms with Gasteiger partial charge in [-0.1, -0.05) is 13.8 Å². The molecule has 1 fully saturated rings. The summed E-state index contributed by atoms with van der Waals surface area (Å²) in [5.41, 5.74) is 0. The number of rotatable bonds is 6. The van der Waals surface area contributed by atoms with Crippen molar-refractivity contribution in [1.82, 2.24) is 14.9 Å². The van der Waals surface area contributed by atoms with E-state index < -0.39 is 0 Å². The molecule has 1 aromatic heterocycles. The fourth-order valence-electron chi connectivity index (χ4n) is 2.47. The van der Waals surface area contributed by atoms with E-state index in [4.69, 9.17) is 4.74 Å². The first kappa shape index (κ1) is 16.0. The van der Waals surface area contributed by atoms with Gasteiger partial charge in [0.1, 0.15) is 5.82 Å². The molecule has 6 heteroatoms. The second-order valence-corrected chi connectivity index (χ2v) is 6.16. The number of nitrogens with one attached hydrogen (secondary N) is 1. The van der Waals surface area contributed by atoms with Gasteiger partial charge in [-0.2, -0.15) is 4.98 Å². The topological polar surface area (TPSA) is 53.5 Å². The van der Waals surface area contributed by atoms with E-state index in [0.717, 1.165) is 38.6 Å². The molecule has 0 amide bonds. The summed E-state index contributed by atoms with van der Waals surface area (Å²) in [6.07, 6.45) is 1.97. The lowest BCUT2D eigenvalue weighted by Crippen LogP contribution is -2.46. The highest BCUT2D eigenvalue weighted by Gasteiger charge is 2.20. The van der Waals surface area contributed by atoms with Gasteiger partial charge in [-0.05, 0) is 12.0 Å². The molecule has 1 atom stereocenters. The predicted molar refractivity (Wildman–Crippen MR) is 85.9 cm³/mol. The van der Waals surface area contributed by atoms with Crippen molar-refractivity contribution in [1.29, 1.82) is 0 Å². The second-order valence-electron chi connectivity index (χ2n) is 6.16. The van der Waals surface area contributed by atoms with E-state index in [0.29, 0.717) is 11.9 Å².